The van der Waals surface area contributed by atoms with E-state index in [0.717, 1.165) is 116 Å². The maximum atomic E-state index is 13.6. The van der Waals surface area contributed by atoms with Crippen LogP contribution in [0, 0.1) is 71.0 Å². The first kappa shape index (κ1) is 54.8. The van der Waals surface area contributed by atoms with Crippen molar-refractivity contribution in [3.05, 3.63) is 0 Å². The van der Waals surface area contributed by atoms with Gasteiger partial charge in [-0.15, -0.1) is 0 Å². The number of rotatable bonds is 26. The summed E-state index contributed by atoms with van der Waals surface area (Å²) in [5, 5.41) is -0.164. The molecule has 8 saturated carbocycles. The van der Waals surface area contributed by atoms with E-state index in [4.69, 9.17) is 28.4 Å². The van der Waals surface area contributed by atoms with Gasteiger partial charge in [0.2, 0.25) is 0 Å². The third kappa shape index (κ3) is 15.6. The lowest BCUT2D eigenvalue weighted by atomic mass is 10.0. The molecule has 8 atom stereocenters. The molecule has 8 aliphatic rings. The molecular weight excluding hydrogens is 941 g/mol. The zero-order chi connectivity index (χ0) is 50.6. The first-order valence-corrected chi connectivity index (χ1v) is 29.5. The van der Waals surface area contributed by atoms with Crippen LogP contribution in [0.3, 0.4) is 0 Å². The van der Waals surface area contributed by atoms with Crippen molar-refractivity contribution in [1.82, 2.24) is 9.80 Å². The van der Waals surface area contributed by atoms with Gasteiger partial charge in [-0.2, -0.15) is 0 Å². The summed E-state index contributed by atoms with van der Waals surface area (Å²) in [4.78, 5) is 97.1. The van der Waals surface area contributed by atoms with Crippen LogP contribution in [0.4, 0.5) is 4.79 Å². The van der Waals surface area contributed by atoms with E-state index in [0.29, 0.717) is 53.1 Å². The molecule has 8 unspecified atom stereocenters. The average molecular weight is 1030 g/mol. The molecule has 8 rings (SSSR count). The molecule has 15 nitrogen and oxygen atoms in total. The Bertz CT molecular complexity index is 1610. The standard InChI is InChI=1S/C56H86N2O13S/c1-57(2)20-9-23-72-56(65)58(21-7-18-50(59)70-48(32-66-52(61)44-24-36-10-3-11-37(36)25-44)33-67-53(62)45-26-38-12-4-13-39(38)27-45)22-8-19-51(60)71-49(34-68-54(63)46-28-40-14-5-15-41(40)29-46)35-69-55(64)47-30-42-16-6-17-43(42)31-47/h36-49H,3-35H2,1-2H3. The minimum absolute atomic E-state index is 0.0308. The van der Waals surface area contributed by atoms with Gasteiger partial charge in [-0.1, -0.05) is 88.8 Å². The van der Waals surface area contributed by atoms with E-state index in [1.54, 1.807) is 4.90 Å². The quantitative estimate of drug-likeness (QED) is 0.0455. The summed E-state index contributed by atoms with van der Waals surface area (Å²) >= 11 is 1.20. The molecule has 0 aromatic carbocycles. The molecule has 16 heteroatoms. The second-order valence-electron chi connectivity index (χ2n) is 23.7. The highest BCUT2D eigenvalue weighted by molar-refractivity contribution is 8.13. The molecule has 1 amide bonds. The third-order valence-corrected chi connectivity index (χ3v) is 19.4. The Kier molecular flexibility index (Phi) is 20.5. The first-order chi connectivity index (χ1) is 34.8. The summed E-state index contributed by atoms with van der Waals surface area (Å²) in [6, 6.07) is 0. The van der Waals surface area contributed by atoms with Crippen LogP contribution >= 0.6 is 11.8 Å². The number of carbonyl (C=O) groups is 7. The summed E-state index contributed by atoms with van der Waals surface area (Å²) in [5.41, 5.74) is 0. The number of esters is 6. The number of carbonyl (C=O) groups excluding carboxylic acids is 7. The zero-order valence-corrected chi connectivity index (χ0v) is 44.3. The molecule has 0 spiro atoms. The number of hydrogen-bond donors (Lipinski definition) is 0. The second kappa shape index (κ2) is 26.9. The highest BCUT2D eigenvalue weighted by Gasteiger charge is 2.45. The average Bonchev–Trinajstić information content (AvgIpc) is 4.20. The monoisotopic (exact) mass is 1030 g/mol. The van der Waals surface area contributed by atoms with Crippen LogP contribution in [0.25, 0.3) is 0 Å². The Labute approximate surface area is 432 Å². The minimum Gasteiger partial charge on any atom is -0.461 e. The van der Waals surface area contributed by atoms with Crippen LogP contribution in [0.2, 0.25) is 0 Å². The topological polar surface area (TPSA) is 181 Å². The fourth-order valence-corrected chi connectivity index (χ4v) is 15.5. The number of ether oxygens (including phenoxy) is 6. The van der Waals surface area contributed by atoms with Crippen molar-refractivity contribution in [1.29, 1.82) is 0 Å². The molecule has 0 radical (unpaired) electrons. The van der Waals surface area contributed by atoms with Crippen molar-refractivity contribution in [2.45, 2.75) is 173 Å². The van der Waals surface area contributed by atoms with Crippen LogP contribution in [-0.2, 0) is 57.2 Å². The predicted molar refractivity (Wildman–Crippen MR) is 269 cm³/mol. The van der Waals surface area contributed by atoms with E-state index in [1.165, 1.54) is 37.4 Å². The Balaban J connectivity index is 0.814. The maximum absolute atomic E-state index is 13.6. The van der Waals surface area contributed by atoms with Gasteiger partial charge in [0.15, 0.2) is 12.2 Å². The molecule has 0 saturated heterocycles. The van der Waals surface area contributed by atoms with Crippen LogP contribution in [0.15, 0.2) is 0 Å². The van der Waals surface area contributed by atoms with Crippen molar-refractivity contribution >= 4 is 52.8 Å². The largest absolute Gasteiger partial charge is 0.461 e. The van der Waals surface area contributed by atoms with Crippen molar-refractivity contribution in [3.8, 4) is 0 Å². The van der Waals surface area contributed by atoms with E-state index in [9.17, 15) is 33.6 Å². The first-order valence-electron chi connectivity index (χ1n) is 28.5. The predicted octanol–water partition coefficient (Wildman–Crippen LogP) is 8.96. The molecule has 8 aliphatic carbocycles. The van der Waals surface area contributed by atoms with Crippen molar-refractivity contribution in [3.63, 3.8) is 0 Å². The van der Waals surface area contributed by atoms with Gasteiger partial charge < -0.3 is 38.2 Å². The summed E-state index contributed by atoms with van der Waals surface area (Å²) in [6.45, 7) is 0.495. The molecule has 8 fully saturated rings. The van der Waals surface area contributed by atoms with Crippen molar-refractivity contribution in [2.75, 3.05) is 65.9 Å². The molecule has 0 heterocycles. The normalized spacial score (nSPS) is 31.8. The lowest BCUT2D eigenvalue weighted by Crippen LogP contribution is -2.34. The van der Waals surface area contributed by atoms with Gasteiger partial charge in [0.1, 0.15) is 26.4 Å². The van der Waals surface area contributed by atoms with Gasteiger partial charge in [-0.05, 0) is 139 Å². The zero-order valence-electron chi connectivity index (χ0n) is 43.5. The van der Waals surface area contributed by atoms with Gasteiger partial charge >= 0.3 is 35.8 Å². The molecule has 404 valence electrons. The van der Waals surface area contributed by atoms with Gasteiger partial charge in [-0.3, -0.25) is 33.6 Å². The molecule has 0 aromatic rings. The van der Waals surface area contributed by atoms with Crippen LogP contribution in [0.5, 0.6) is 0 Å². The summed E-state index contributed by atoms with van der Waals surface area (Å²) in [5.74, 6) is 2.25. The Morgan fingerprint density at radius 3 is 1.00 bits per heavy atom. The fourth-order valence-electron chi connectivity index (χ4n) is 14.7. The highest BCUT2D eigenvalue weighted by Crippen LogP contribution is 2.50. The summed E-state index contributed by atoms with van der Waals surface area (Å²) < 4.78 is 34.8. The van der Waals surface area contributed by atoms with Crippen LogP contribution in [-0.4, -0.2) is 129 Å². The Morgan fingerprint density at radius 2 is 0.722 bits per heavy atom. The SMILES string of the molecule is CN(C)CCCSC(=O)N(CCCC(=O)OC(COC(=O)C1CC2CCCC2C1)COC(=O)C1CC2CCCC2C1)CCCC(=O)OC(COC(=O)C1CC2CCCC2C1)COC(=O)C1CC2CCCC2C1. The molecular formula is C56H86N2O13S. The smallest absolute Gasteiger partial charge is 0.309 e. The third-order valence-electron chi connectivity index (χ3n) is 18.4. The maximum Gasteiger partial charge on any atom is 0.309 e. The number of nitrogens with zero attached hydrogens (tertiary/aromatic N) is 2. The van der Waals surface area contributed by atoms with Crippen molar-refractivity contribution in [2.24, 2.45) is 71.0 Å². The molecule has 0 bridgehead atoms. The van der Waals surface area contributed by atoms with E-state index < -0.39 is 24.1 Å². The van der Waals surface area contributed by atoms with E-state index >= 15 is 0 Å². The number of amides is 1. The number of thioether (sulfide) groups is 1. The van der Waals surface area contributed by atoms with Crippen LogP contribution in [0.1, 0.15) is 161 Å². The summed E-state index contributed by atoms with van der Waals surface area (Å²) in [6.07, 6.45) is 20.1. The van der Waals surface area contributed by atoms with Gasteiger partial charge in [0.25, 0.3) is 5.24 Å². The highest BCUT2D eigenvalue weighted by atomic mass is 32.2. The molecule has 0 aliphatic heterocycles. The second-order valence-corrected chi connectivity index (χ2v) is 24.7. The van der Waals surface area contributed by atoms with Crippen LogP contribution < -0.4 is 0 Å². The lowest BCUT2D eigenvalue weighted by molar-refractivity contribution is -0.169. The van der Waals surface area contributed by atoms with E-state index in [2.05, 4.69) is 4.90 Å². The molecule has 0 aromatic heterocycles. The molecule has 72 heavy (non-hydrogen) atoms. The number of hydrogen-bond acceptors (Lipinski definition) is 15. The minimum atomic E-state index is -0.955. The Morgan fingerprint density at radius 1 is 0.431 bits per heavy atom. The van der Waals surface area contributed by atoms with E-state index in [-0.39, 0.29) is 118 Å². The Hall–Kier alpha value is -3.40. The van der Waals surface area contributed by atoms with Gasteiger partial charge in [0.05, 0.1) is 23.7 Å². The van der Waals surface area contributed by atoms with Crippen molar-refractivity contribution < 1.29 is 62.0 Å². The van der Waals surface area contributed by atoms with Gasteiger partial charge in [-0.25, -0.2) is 0 Å². The fraction of sp³-hybridized carbons (Fsp3) is 0.875. The molecule has 0 N–H and O–H groups in total. The lowest BCUT2D eigenvalue weighted by Gasteiger charge is -2.23. The number of fused-ring (bicyclic) bond motifs is 4. The van der Waals surface area contributed by atoms with E-state index in [1.807, 2.05) is 14.1 Å². The van der Waals surface area contributed by atoms with Gasteiger partial charge in [0, 0.05) is 31.7 Å². The summed E-state index contributed by atoms with van der Waals surface area (Å²) in [7, 11) is 3.96.